The van der Waals surface area contributed by atoms with Gasteiger partial charge in [-0.2, -0.15) is 0 Å². The fourth-order valence-electron chi connectivity index (χ4n) is 1.04. The number of rotatable bonds is 0. The van der Waals surface area contributed by atoms with Crippen LogP contribution in [0.25, 0.3) is 0 Å². The molecule has 2 aliphatic rings. The highest BCUT2D eigenvalue weighted by molar-refractivity contribution is 8.00. The zero-order valence-corrected chi connectivity index (χ0v) is 8.22. The predicted octanol–water partition coefficient (Wildman–Crippen LogP) is 1.71. The summed E-state index contributed by atoms with van der Waals surface area (Å²) in [5.41, 5.74) is -1.36. The number of amides is 1. The molecule has 0 aromatic carbocycles. The number of carbonyl (C=O) groups is 2. The summed E-state index contributed by atoms with van der Waals surface area (Å²) in [7, 11) is 0. The Bertz CT molecular complexity index is 252. The molecule has 0 spiro atoms. The topological polar surface area (TPSA) is 57.6 Å². The lowest BCUT2D eigenvalue weighted by molar-refractivity contribution is -0.137. The van der Waals surface area contributed by atoms with E-state index in [0.717, 1.165) is 12.2 Å². The van der Waals surface area contributed by atoms with E-state index in [1.807, 2.05) is 24.0 Å². The summed E-state index contributed by atoms with van der Waals surface area (Å²) in [5.74, 6) is 1.33. The second kappa shape index (κ2) is 4.53. The molecule has 72 valence electrons. The van der Waals surface area contributed by atoms with Crippen molar-refractivity contribution in [3.63, 3.8) is 0 Å². The van der Waals surface area contributed by atoms with Gasteiger partial charge in [0.25, 0.3) is 0 Å². The molecule has 0 aliphatic carbocycles. The van der Waals surface area contributed by atoms with Gasteiger partial charge in [-0.05, 0) is 0 Å². The number of carbonyl (C=O) groups excluding carboxylic acids is 1. The molecule has 2 heterocycles. The minimum atomic E-state index is -1.36. The molecule has 0 saturated carbocycles. The first-order valence-electron chi connectivity index (χ1n) is 3.59. The van der Waals surface area contributed by atoms with Crippen molar-refractivity contribution in [1.82, 2.24) is 4.90 Å². The smallest absolute Gasteiger partial charge is 0.401 e. The number of nitrogens with zero attached hydrogens (tertiary/aromatic N) is 1. The van der Waals surface area contributed by atoms with Crippen molar-refractivity contribution in [2.45, 2.75) is 11.8 Å². The maximum absolute atomic E-state index is 10.7. The van der Waals surface area contributed by atoms with Crippen LogP contribution >= 0.6 is 23.4 Å². The van der Waals surface area contributed by atoms with Crippen molar-refractivity contribution in [2.24, 2.45) is 0 Å². The Balaban J connectivity index is 0.000000184. The molecular formula is C7H8ClNO3S. The van der Waals surface area contributed by atoms with Crippen LogP contribution in [-0.4, -0.2) is 32.5 Å². The van der Waals surface area contributed by atoms with Crippen LogP contribution in [0, 0.1) is 0 Å². The largest absolute Gasteiger partial charge is 0.469 e. The summed E-state index contributed by atoms with van der Waals surface area (Å²) >= 11 is 6.03. The zero-order chi connectivity index (χ0) is 9.84. The Kier molecular flexibility index (Phi) is 3.62. The number of thioether (sulfide) groups is 1. The van der Waals surface area contributed by atoms with Gasteiger partial charge < -0.3 is 10.0 Å². The highest BCUT2D eigenvalue weighted by Crippen LogP contribution is 2.32. The number of hydrogen-bond donors (Lipinski definition) is 1. The predicted molar refractivity (Wildman–Crippen MR) is 50.7 cm³/mol. The Morgan fingerprint density at radius 1 is 1.77 bits per heavy atom. The third-order valence-electron chi connectivity index (χ3n) is 1.60. The Hall–Kier alpha value is -0.680. The highest BCUT2D eigenvalue weighted by atomic mass is 35.5. The average Bonchev–Trinajstić information content (AvgIpc) is 2.02. The van der Waals surface area contributed by atoms with Crippen molar-refractivity contribution in [2.75, 3.05) is 5.75 Å². The van der Waals surface area contributed by atoms with Crippen LogP contribution in [0.4, 0.5) is 4.79 Å². The first-order chi connectivity index (χ1) is 6.11. The Morgan fingerprint density at radius 2 is 2.38 bits per heavy atom. The Morgan fingerprint density at radius 3 is 2.77 bits per heavy atom. The fourth-order valence-corrected chi connectivity index (χ4v) is 2.07. The van der Waals surface area contributed by atoms with Gasteiger partial charge in [0, 0.05) is 23.6 Å². The van der Waals surface area contributed by atoms with E-state index in [9.17, 15) is 4.79 Å². The van der Waals surface area contributed by atoms with E-state index in [2.05, 4.69) is 11.6 Å². The van der Waals surface area contributed by atoms with Crippen molar-refractivity contribution in [1.29, 1.82) is 0 Å². The van der Waals surface area contributed by atoms with E-state index in [0.29, 0.717) is 5.37 Å². The molecule has 1 saturated heterocycles. The lowest BCUT2D eigenvalue weighted by Gasteiger charge is -2.39. The molecule has 1 fully saturated rings. The average molecular weight is 222 g/mol. The molecule has 2 rings (SSSR count). The summed E-state index contributed by atoms with van der Waals surface area (Å²) in [6, 6.07) is 0. The molecule has 1 N–H and O–H groups in total. The summed E-state index contributed by atoms with van der Waals surface area (Å²) in [6.45, 7) is 0. The van der Waals surface area contributed by atoms with Crippen LogP contribution in [0.1, 0.15) is 6.42 Å². The zero-order valence-electron chi connectivity index (χ0n) is 6.64. The molecular weight excluding hydrogens is 214 g/mol. The van der Waals surface area contributed by atoms with Gasteiger partial charge in [0.05, 0.1) is 11.8 Å². The van der Waals surface area contributed by atoms with Crippen LogP contribution in [0.15, 0.2) is 12.3 Å². The van der Waals surface area contributed by atoms with Crippen molar-refractivity contribution >= 4 is 34.7 Å². The van der Waals surface area contributed by atoms with Gasteiger partial charge in [-0.25, -0.2) is 4.79 Å². The number of halogens is 1. The maximum atomic E-state index is 10.7. The quantitative estimate of drug-likeness (QED) is 0.500. The molecule has 0 bridgehead atoms. The first-order valence-corrected chi connectivity index (χ1v) is 5.02. The van der Waals surface area contributed by atoms with E-state index in [1.165, 1.54) is 0 Å². The van der Waals surface area contributed by atoms with Crippen LogP contribution in [0.5, 0.6) is 0 Å². The number of β-lactam (4-membered cyclic amide) rings is 1. The van der Waals surface area contributed by atoms with Crippen molar-refractivity contribution in [3.05, 3.63) is 12.3 Å². The minimum Gasteiger partial charge on any atom is -0.469 e. The highest BCUT2D eigenvalue weighted by Gasteiger charge is 2.35. The molecule has 1 amide bonds. The lowest BCUT2D eigenvalue weighted by Crippen LogP contribution is -2.48. The van der Waals surface area contributed by atoms with Gasteiger partial charge in [-0.1, -0.05) is 6.08 Å². The minimum absolute atomic E-state index is 0.267. The molecule has 0 unspecified atom stereocenters. The van der Waals surface area contributed by atoms with E-state index < -0.39 is 5.43 Å². The number of fused-ring (bicyclic) bond motifs is 1. The van der Waals surface area contributed by atoms with Gasteiger partial charge in [0.2, 0.25) is 5.91 Å². The lowest BCUT2D eigenvalue weighted by atomic mass is 10.2. The number of carboxylic acid groups (broad SMARTS) is 1. The third-order valence-corrected chi connectivity index (χ3v) is 2.76. The summed E-state index contributed by atoms with van der Waals surface area (Å²) < 4.78 is 0. The van der Waals surface area contributed by atoms with E-state index in [1.54, 1.807) is 4.90 Å². The third kappa shape index (κ3) is 2.93. The second-order valence-electron chi connectivity index (χ2n) is 2.43. The van der Waals surface area contributed by atoms with Crippen molar-refractivity contribution in [3.8, 4) is 0 Å². The summed E-state index contributed by atoms with van der Waals surface area (Å²) in [5, 5.41) is 7.66. The van der Waals surface area contributed by atoms with Crippen LogP contribution in [0.3, 0.4) is 0 Å². The van der Waals surface area contributed by atoms with Crippen LogP contribution < -0.4 is 0 Å². The molecule has 1 atom stereocenters. The normalized spacial score (nSPS) is 23.9. The van der Waals surface area contributed by atoms with E-state index in [4.69, 9.17) is 9.90 Å². The maximum Gasteiger partial charge on any atom is 0.401 e. The molecule has 4 nitrogen and oxygen atoms in total. The summed E-state index contributed by atoms with van der Waals surface area (Å²) in [6.07, 6.45) is 4.67. The molecule has 6 heteroatoms. The number of hydrogen-bond acceptors (Lipinski definition) is 3. The monoisotopic (exact) mass is 221 g/mol. The molecule has 0 radical (unpaired) electrons. The van der Waals surface area contributed by atoms with Crippen LogP contribution in [-0.2, 0) is 4.79 Å². The standard InChI is InChI=1S/C6H7NOS.CHClO2/c8-5-4-6-7(5)2-1-3-9-6;2-1(3)4/h1-2,6H,3-4H2;(H,3,4)/t6-;/m0./s1. The first kappa shape index (κ1) is 10.4. The van der Waals surface area contributed by atoms with Crippen LogP contribution in [0.2, 0.25) is 0 Å². The van der Waals surface area contributed by atoms with E-state index >= 15 is 0 Å². The van der Waals surface area contributed by atoms with Gasteiger partial charge >= 0.3 is 5.43 Å². The van der Waals surface area contributed by atoms with Gasteiger partial charge in [-0.15, -0.1) is 11.8 Å². The SMILES string of the molecule is O=C(O)Cl.O=C1C[C@@H]2SCC=CN12. The molecule has 2 aliphatic heterocycles. The van der Waals surface area contributed by atoms with Gasteiger partial charge in [-0.3, -0.25) is 4.79 Å². The second-order valence-corrected chi connectivity index (χ2v) is 3.96. The fraction of sp³-hybridized carbons (Fsp3) is 0.429. The van der Waals surface area contributed by atoms with Gasteiger partial charge in [0.1, 0.15) is 0 Å². The molecule has 0 aromatic rings. The molecule has 13 heavy (non-hydrogen) atoms. The summed E-state index contributed by atoms with van der Waals surface area (Å²) in [4.78, 5) is 21.3. The van der Waals surface area contributed by atoms with E-state index in [-0.39, 0.29) is 5.91 Å². The van der Waals surface area contributed by atoms with Crippen molar-refractivity contribution < 1.29 is 14.7 Å². The molecule has 0 aromatic heterocycles. The Labute approximate surface area is 84.5 Å². The van der Waals surface area contributed by atoms with Gasteiger partial charge in [0.15, 0.2) is 0 Å².